The highest BCUT2D eigenvalue weighted by Gasteiger charge is 2.12. The van der Waals surface area contributed by atoms with Crippen LogP contribution in [0.4, 0.5) is 0 Å². The number of aromatic nitrogens is 3. The van der Waals surface area contributed by atoms with Crippen LogP contribution in [0.1, 0.15) is 21.5 Å². The number of rotatable bonds is 8. The second-order valence-electron chi connectivity index (χ2n) is 6.93. The van der Waals surface area contributed by atoms with Gasteiger partial charge in [-0.25, -0.2) is 0 Å². The molecule has 0 aliphatic heterocycles. The van der Waals surface area contributed by atoms with Crippen molar-refractivity contribution in [2.45, 2.75) is 20.0 Å². The molecule has 1 heterocycles. The molecular weight excluding hydrogens is 416 g/mol. The Bertz CT molecular complexity index is 1150. The van der Waals surface area contributed by atoms with Gasteiger partial charge >= 0.3 is 0 Å². The molecule has 0 aliphatic carbocycles. The lowest BCUT2D eigenvalue weighted by atomic mass is 10.1. The summed E-state index contributed by atoms with van der Waals surface area (Å²) in [5.41, 5.74) is 8.20. The summed E-state index contributed by atoms with van der Waals surface area (Å²) < 4.78 is 2.00. The molecule has 3 aromatic rings. The maximum atomic E-state index is 12.5. The largest absolute Gasteiger partial charge is 0.368 e. The Hall–Kier alpha value is -3.79. The van der Waals surface area contributed by atoms with E-state index in [1.54, 1.807) is 28.8 Å². The van der Waals surface area contributed by atoms with Crippen LogP contribution in [0.15, 0.2) is 48.5 Å². The third-order valence-electron chi connectivity index (χ3n) is 4.50. The highest BCUT2D eigenvalue weighted by molar-refractivity contribution is 7.71. The van der Waals surface area contributed by atoms with Gasteiger partial charge in [-0.3, -0.25) is 24.0 Å². The van der Waals surface area contributed by atoms with Crippen molar-refractivity contribution in [1.82, 2.24) is 25.4 Å². The van der Waals surface area contributed by atoms with Crippen LogP contribution in [0.25, 0.3) is 11.4 Å². The number of nitrogens with zero attached hydrogens (tertiary/aromatic N) is 2. The van der Waals surface area contributed by atoms with E-state index in [-0.39, 0.29) is 25.5 Å². The number of hydrogen-bond acceptors (Lipinski definition) is 5. The average Bonchev–Trinajstić information content (AvgIpc) is 3.11. The van der Waals surface area contributed by atoms with Crippen molar-refractivity contribution in [2.24, 2.45) is 5.73 Å². The first-order valence-electron chi connectivity index (χ1n) is 9.48. The summed E-state index contributed by atoms with van der Waals surface area (Å²) in [7, 11) is 0. The molecule has 0 saturated heterocycles. The number of benzene rings is 2. The fourth-order valence-corrected chi connectivity index (χ4v) is 3.03. The molecule has 160 valence electrons. The van der Waals surface area contributed by atoms with Crippen molar-refractivity contribution in [1.29, 1.82) is 0 Å². The fourth-order valence-electron chi connectivity index (χ4n) is 2.83. The van der Waals surface area contributed by atoms with Gasteiger partial charge in [-0.05, 0) is 36.8 Å². The molecule has 3 rings (SSSR count). The maximum absolute atomic E-state index is 12.5. The molecule has 5 N–H and O–H groups in total. The first-order valence-corrected chi connectivity index (χ1v) is 9.88. The van der Waals surface area contributed by atoms with Crippen LogP contribution in [0.2, 0.25) is 0 Å². The van der Waals surface area contributed by atoms with E-state index < -0.39 is 11.8 Å². The van der Waals surface area contributed by atoms with Gasteiger partial charge in [0, 0.05) is 17.7 Å². The number of aryl methyl sites for hydroxylation is 1. The van der Waals surface area contributed by atoms with Gasteiger partial charge in [0.2, 0.25) is 11.8 Å². The molecule has 0 atom stereocenters. The second-order valence-corrected chi connectivity index (χ2v) is 7.31. The van der Waals surface area contributed by atoms with Gasteiger partial charge in [0.25, 0.3) is 5.91 Å². The number of aromatic amines is 1. The van der Waals surface area contributed by atoms with Crippen LogP contribution in [0, 0.1) is 11.7 Å². The summed E-state index contributed by atoms with van der Waals surface area (Å²) in [6, 6.07) is 14.5. The zero-order chi connectivity index (χ0) is 22.4. The normalized spacial score (nSPS) is 10.5. The number of nitrogens with one attached hydrogen (secondary N) is 3. The molecule has 0 aliphatic rings. The topological polar surface area (TPSA) is 135 Å². The van der Waals surface area contributed by atoms with Crippen molar-refractivity contribution >= 4 is 29.9 Å². The van der Waals surface area contributed by atoms with Crippen LogP contribution in [0.5, 0.6) is 0 Å². The highest BCUT2D eigenvalue weighted by atomic mass is 32.1. The van der Waals surface area contributed by atoms with Gasteiger partial charge in [0.1, 0.15) is 6.54 Å². The molecule has 9 nitrogen and oxygen atoms in total. The molecule has 1 aromatic heterocycles. The summed E-state index contributed by atoms with van der Waals surface area (Å²) in [6.45, 7) is 2.07. The summed E-state index contributed by atoms with van der Waals surface area (Å²) in [4.78, 5) is 35.1. The quantitative estimate of drug-likeness (QED) is 0.395. The van der Waals surface area contributed by atoms with Gasteiger partial charge in [0.15, 0.2) is 10.6 Å². The van der Waals surface area contributed by atoms with Gasteiger partial charge in [-0.2, -0.15) is 5.10 Å². The lowest BCUT2D eigenvalue weighted by Crippen LogP contribution is -2.33. The van der Waals surface area contributed by atoms with Crippen molar-refractivity contribution in [3.63, 3.8) is 0 Å². The van der Waals surface area contributed by atoms with E-state index in [0.29, 0.717) is 16.2 Å². The molecule has 0 saturated carbocycles. The van der Waals surface area contributed by atoms with Crippen molar-refractivity contribution < 1.29 is 14.4 Å². The molecule has 0 spiro atoms. The van der Waals surface area contributed by atoms with Crippen LogP contribution in [-0.2, 0) is 22.7 Å². The number of carbonyl (C=O) groups excluding carboxylic acids is 3. The second kappa shape index (κ2) is 9.81. The molecular formula is C21H22N6O3S. The Morgan fingerprint density at radius 1 is 1.06 bits per heavy atom. The minimum atomic E-state index is -0.615. The Balaban J connectivity index is 1.59. The SMILES string of the molecule is Cc1ccc(-c2n[nH]c(=S)n2CC(=O)NCc2ccc(C(=O)NCC(N)=O)cc2)cc1. The fraction of sp³-hybridized carbons (Fsp3) is 0.190. The summed E-state index contributed by atoms with van der Waals surface area (Å²) >= 11 is 5.27. The molecule has 0 bridgehead atoms. The van der Waals surface area contributed by atoms with Crippen molar-refractivity contribution in [3.05, 3.63) is 70.0 Å². The zero-order valence-electron chi connectivity index (χ0n) is 16.8. The average molecular weight is 439 g/mol. The van der Waals surface area contributed by atoms with E-state index >= 15 is 0 Å². The van der Waals surface area contributed by atoms with E-state index in [2.05, 4.69) is 20.8 Å². The molecule has 0 radical (unpaired) electrons. The Kier molecular flexibility index (Phi) is 6.93. The number of nitrogens with two attached hydrogens (primary N) is 1. The van der Waals surface area contributed by atoms with E-state index in [4.69, 9.17) is 18.0 Å². The number of hydrogen-bond donors (Lipinski definition) is 4. The van der Waals surface area contributed by atoms with Crippen LogP contribution in [-0.4, -0.2) is 39.0 Å². The van der Waals surface area contributed by atoms with Crippen LogP contribution in [0.3, 0.4) is 0 Å². The smallest absolute Gasteiger partial charge is 0.251 e. The number of primary amides is 1. The standard InChI is InChI=1S/C21H22N6O3S/c1-13-2-6-15(7-3-13)19-25-26-21(31)27(19)12-18(29)23-10-14-4-8-16(9-5-14)20(30)24-11-17(22)28/h2-9H,10-12H2,1H3,(H2,22,28)(H,23,29)(H,24,30)(H,26,31). The van der Waals surface area contributed by atoms with E-state index in [1.807, 2.05) is 31.2 Å². The zero-order valence-corrected chi connectivity index (χ0v) is 17.7. The molecule has 2 aromatic carbocycles. The first-order chi connectivity index (χ1) is 14.8. The lowest BCUT2D eigenvalue weighted by molar-refractivity contribution is -0.121. The number of H-pyrrole nitrogens is 1. The maximum Gasteiger partial charge on any atom is 0.251 e. The van der Waals surface area contributed by atoms with Crippen LogP contribution < -0.4 is 16.4 Å². The molecule has 0 unspecified atom stereocenters. The lowest BCUT2D eigenvalue weighted by Gasteiger charge is -2.09. The van der Waals surface area contributed by atoms with Gasteiger partial charge in [-0.15, -0.1) is 0 Å². The molecule has 10 heteroatoms. The number of amides is 3. The van der Waals surface area contributed by atoms with Crippen molar-refractivity contribution in [3.8, 4) is 11.4 Å². The highest BCUT2D eigenvalue weighted by Crippen LogP contribution is 2.17. The Labute approximate surface area is 183 Å². The van der Waals surface area contributed by atoms with Gasteiger partial charge in [-0.1, -0.05) is 42.0 Å². The summed E-state index contributed by atoms with van der Waals surface area (Å²) in [5, 5.41) is 12.2. The van der Waals surface area contributed by atoms with E-state index in [0.717, 1.165) is 16.7 Å². The Morgan fingerprint density at radius 2 is 1.74 bits per heavy atom. The summed E-state index contributed by atoms with van der Waals surface area (Å²) in [5.74, 6) is -0.649. The monoisotopic (exact) mass is 438 g/mol. The number of carbonyl (C=O) groups is 3. The van der Waals surface area contributed by atoms with E-state index in [9.17, 15) is 14.4 Å². The third-order valence-corrected chi connectivity index (χ3v) is 4.81. The Morgan fingerprint density at radius 3 is 2.39 bits per heavy atom. The first kappa shape index (κ1) is 21.9. The van der Waals surface area contributed by atoms with Crippen molar-refractivity contribution in [2.75, 3.05) is 6.54 Å². The minimum Gasteiger partial charge on any atom is -0.368 e. The molecule has 0 fully saturated rings. The van der Waals surface area contributed by atoms with E-state index in [1.165, 1.54) is 0 Å². The van der Waals surface area contributed by atoms with Crippen LogP contribution >= 0.6 is 12.2 Å². The van der Waals surface area contributed by atoms with Gasteiger partial charge in [0.05, 0.1) is 6.54 Å². The predicted molar refractivity (Wildman–Crippen MR) is 117 cm³/mol. The van der Waals surface area contributed by atoms with Gasteiger partial charge < -0.3 is 16.4 Å². The predicted octanol–water partition coefficient (Wildman–Crippen LogP) is 1.45. The minimum absolute atomic E-state index is 0.0200. The third kappa shape index (κ3) is 5.86. The molecule has 3 amide bonds. The summed E-state index contributed by atoms with van der Waals surface area (Å²) in [6.07, 6.45) is 0. The molecule has 31 heavy (non-hydrogen) atoms.